The lowest BCUT2D eigenvalue weighted by Gasteiger charge is -2.12. The van der Waals surface area contributed by atoms with E-state index in [9.17, 15) is 4.39 Å². The number of hydrogen-bond donors (Lipinski definition) is 1. The van der Waals surface area contributed by atoms with Gasteiger partial charge in [-0.15, -0.1) is 0 Å². The smallest absolute Gasteiger partial charge is 0.150 e. The van der Waals surface area contributed by atoms with E-state index in [0.29, 0.717) is 10.0 Å². The maximum absolute atomic E-state index is 14.3. The molecule has 0 saturated carbocycles. The van der Waals surface area contributed by atoms with Gasteiger partial charge in [0.25, 0.3) is 0 Å². The monoisotopic (exact) mass is 339 g/mol. The maximum atomic E-state index is 14.3. The Morgan fingerprint density at radius 2 is 2.00 bits per heavy atom. The minimum atomic E-state index is -0.384. The number of rotatable bonds is 1. The quantitative estimate of drug-likeness (QED) is 0.738. The third kappa shape index (κ3) is 2.10. The molecule has 3 rings (SSSR count). The predicted molar refractivity (Wildman–Crippen MR) is 79.8 cm³/mol. The third-order valence-corrected chi connectivity index (χ3v) is 4.90. The van der Waals surface area contributed by atoms with Gasteiger partial charge in [-0.3, -0.25) is 0 Å². The van der Waals surface area contributed by atoms with Gasteiger partial charge < -0.3 is 5.73 Å². The highest BCUT2D eigenvalue weighted by Gasteiger charge is 2.23. The lowest BCUT2D eigenvalue weighted by Crippen LogP contribution is -2.05. The molecule has 19 heavy (non-hydrogen) atoms. The van der Waals surface area contributed by atoms with Gasteiger partial charge in [-0.25, -0.2) is 4.39 Å². The second-order valence-corrected chi connectivity index (χ2v) is 5.97. The minimum Gasteiger partial charge on any atom is -0.324 e. The zero-order valence-corrected chi connectivity index (χ0v) is 12.4. The summed E-state index contributed by atoms with van der Waals surface area (Å²) in [6.07, 6.45) is 1.80. The summed E-state index contributed by atoms with van der Waals surface area (Å²) in [5.41, 5.74) is 9.77. The number of benzene rings is 2. The Kier molecular flexibility index (Phi) is 3.37. The summed E-state index contributed by atoms with van der Waals surface area (Å²) in [6, 6.07) is 9.46. The highest BCUT2D eigenvalue weighted by atomic mass is 79.9. The van der Waals surface area contributed by atoms with Crippen LogP contribution < -0.4 is 5.73 Å². The van der Waals surface area contributed by atoms with Crippen LogP contribution in [0.1, 0.15) is 23.6 Å². The maximum Gasteiger partial charge on any atom is 0.150 e. The van der Waals surface area contributed by atoms with Gasteiger partial charge in [-0.2, -0.15) is 0 Å². The van der Waals surface area contributed by atoms with Crippen LogP contribution >= 0.6 is 27.5 Å². The zero-order chi connectivity index (χ0) is 13.6. The van der Waals surface area contributed by atoms with Gasteiger partial charge in [0.05, 0.1) is 5.02 Å². The predicted octanol–water partition coefficient (Wildman–Crippen LogP) is 4.85. The highest BCUT2D eigenvalue weighted by Crippen LogP contribution is 2.39. The molecule has 0 aliphatic heterocycles. The second kappa shape index (κ2) is 4.89. The molecule has 0 heterocycles. The Balaban J connectivity index is 2.22. The van der Waals surface area contributed by atoms with Gasteiger partial charge in [0.1, 0.15) is 0 Å². The summed E-state index contributed by atoms with van der Waals surface area (Å²) in [4.78, 5) is 0. The first-order chi connectivity index (χ1) is 9.09. The van der Waals surface area contributed by atoms with E-state index in [0.717, 1.165) is 29.5 Å². The summed E-state index contributed by atoms with van der Waals surface area (Å²) in [7, 11) is 0. The number of fused-ring (bicyclic) bond motifs is 1. The standard InChI is InChI=1S/C15H12BrClFN/c16-12-6-4-11(15(18)14(12)17)8-2-1-3-10-9(8)5-7-13(10)19/h1-4,6,13H,5,7,19H2. The zero-order valence-electron chi connectivity index (χ0n) is 10.1. The van der Waals surface area contributed by atoms with Gasteiger partial charge in [-0.05, 0) is 51.5 Å². The van der Waals surface area contributed by atoms with E-state index in [1.54, 1.807) is 12.1 Å². The molecule has 0 fully saturated rings. The lowest BCUT2D eigenvalue weighted by atomic mass is 9.96. The van der Waals surface area contributed by atoms with E-state index in [4.69, 9.17) is 17.3 Å². The summed E-state index contributed by atoms with van der Waals surface area (Å²) >= 11 is 9.20. The molecule has 1 unspecified atom stereocenters. The normalized spacial score (nSPS) is 17.6. The van der Waals surface area contributed by atoms with Crippen molar-refractivity contribution >= 4 is 27.5 Å². The van der Waals surface area contributed by atoms with Crippen molar-refractivity contribution in [3.8, 4) is 11.1 Å². The fourth-order valence-corrected chi connectivity index (χ4v) is 3.14. The van der Waals surface area contributed by atoms with Gasteiger partial charge in [0.2, 0.25) is 0 Å². The first-order valence-corrected chi connectivity index (χ1v) is 7.28. The SMILES string of the molecule is NC1CCc2c(-c3ccc(Br)c(Cl)c3F)cccc21. The molecule has 1 atom stereocenters. The molecule has 0 radical (unpaired) electrons. The Morgan fingerprint density at radius 1 is 1.21 bits per heavy atom. The van der Waals surface area contributed by atoms with Crippen molar-refractivity contribution in [2.45, 2.75) is 18.9 Å². The highest BCUT2D eigenvalue weighted by molar-refractivity contribution is 9.10. The molecule has 1 aliphatic carbocycles. The van der Waals surface area contributed by atoms with Crippen LogP contribution in [0.15, 0.2) is 34.8 Å². The molecule has 98 valence electrons. The summed E-state index contributed by atoms with van der Waals surface area (Å²) in [5, 5.41) is 0.123. The van der Waals surface area contributed by atoms with Crippen LogP contribution in [0.2, 0.25) is 5.02 Å². The molecule has 1 aliphatic rings. The van der Waals surface area contributed by atoms with E-state index >= 15 is 0 Å². The fraction of sp³-hybridized carbons (Fsp3) is 0.200. The Morgan fingerprint density at radius 3 is 2.79 bits per heavy atom. The molecule has 2 N–H and O–H groups in total. The lowest BCUT2D eigenvalue weighted by molar-refractivity contribution is 0.630. The van der Waals surface area contributed by atoms with Gasteiger partial charge in [0, 0.05) is 16.1 Å². The van der Waals surface area contributed by atoms with Crippen molar-refractivity contribution in [3.63, 3.8) is 0 Å². The van der Waals surface area contributed by atoms with Crippen molar-refractivity contribution in [1.82, 2.24) is 0 Å². The average Bonchev–Trinajstić information content (AvgIpc) is 2.79. The van der Waals surface area contributed by atoms with Crippen molar-refractivity contribution in [1.29, 1.82) is 0 Å². The molecule has 0 saturated heterocycles. The van der Waals surface area contributed by atoms with Crippen molar-refractivity contribution < 1.29 is 4.39 Å². The Labute approximate surface area is 124 Å². The van der Waals surface area contributed by atoms with E-state index in [1.807, 2.05) is 18.2 Å². The summed E-state index contributed by atoms with van der Waals surface area (Å²) in [6.45, 7) is 0. The molecule has 2 aromatic rings. The number of hydrogen-bond acceptors (Lipinski definition) is 1. The molecule has 2 aromatic carbocycles. The molecular formula is C15H12BrClFN. The Hall–Kier alpha value is -0.900. The topological polar surface area (TPSA) is 26.0 Å². The molecule has 0 amide bonds. The van der Waals surface area contributed by atoms with Crippen molar-refractivity contribution in [2.24, 2.45) is 5.73 Å². The number of nitrogens with two attached hydrogens (primary N) is 1. The van der Waals surface area contributed by atoms with Crippen LogP contribution in [0, 0.1) is 5.82 Å². The van der Waals surface area contributed by atoms with E-state index in [2.05, 4.69) is 15.9 Å². The van der Waals surface area contributed by atoms with E-state index in [1.165, 1.54) is 0 Å². The molecule has 1 nitrogen and oxygen atoms in total. The van der Waals surface area contributed by atoms with E-state index in [-0.39, 0.29) is 16.9 Å². The van der Waals surface area contributed by atoms with Gasteiger partial charge in [-0.1, -0.05) is 35.9 Å². The third-order valence-electron chi connectivity index (χ3n) is 3.64. The summed E-state index contributed by atoms with van der Waals surface area (Å²) < 4.78 is 14.9. The first-order valence-electron chi connectivity index (χ1n) is 6.11. The molecular weight excluding hydrogens is 329 g/mol. The van der Waals surface area contributed by atoms with Crippen LogP contribution in [0.5, 0.6) is 0 Å². The fourth-order valence-electron chi connectivity index (χ4n) is 2.67. The largest absolute Gasteiger partial charge is 0.324 e. The van der Waals surface area contributed by atoms with Crippen LogP contribution in [0.4, 0.5) is 4.39 Å². The first kappa shape index (κ1) is 13.1. The van der Waals surface area contributed by atoms with Crippen molar-refractivity contribution in [2.75, 3.05) is 0 Å². The van der Waals surface area contributed by atoms with Gasteiger partial charge in [0.15, 0.2) is 5.82 Å². The van der Waals surface area contributed by atoms with Crippen LogP contribution in [-0.4, -0.2) is 0 Å². The van der Waals surface area contributed by atoms with Crippen LogP contribution in [0.25, 0.3) is 11.1 Å². The van der Waals surface area contributed by atoms with Crippen LogP contribution in [-0.2, 0) is 6.42 Å². The van der Waals surface area contributed by atoms with Crippen LogP contribution in [0.3, 0.4) is 0 Å². The second-order valence-electron chi connectivity index (χ2n) is 4.74. The van der Waals surface area contributed by atoms with Crippen molar-refractivity contribution in [3.05, 3.63) is 56.8 Å². The minimum absolute atomic E-state index is 0.0592. The van der Waals surface area contributed by atoms with Gasteiger partial charge >= 0.3 is 0 Å². The summed E-state index contributed by atoms with van der Waals surface area (Å²) in [5.74, 6) is -0.384. The Bertz CT molecular complexity index is 657. The molecule has 4 heteroatoms. The van der Waals surface area contributed by atoms with E-state index < -0.39 is 0 Å². The molecule has 0 spiro atoms. The average molecular weight is 341 g/mol. The number of halogens is 3. The molecule has 0 bridgehead atoms. The molecule has 0 aromatic heterocycles.